The maximum Gasteiger partial charge on any atom is 0.265 e. The summed E-state index contributed by atoms with van der Waals surface area (Å²) in [6.07, 6.45) is 3.87. The van der Waals surface area contributed by atoms with Gasteiger partial charge in [0.1, 0.15) is 23.2 Å². The Labute approximate surface area is 198 Å². The topological polar surface area (TPSA) is 78.7 Å². The lowest BCUT2D eigenvalue weighted by Gasteiger charge is -2.14. The minimum atomic E-state index is -0.361. The van der Waals surface area contributed by atoms with Crippen LogP contribution in [-0.4, -0.2) is 24.3 Å². The second-order valence-electron chi connectivity index (χ2n) is 8.23. The monoisotopic (exact) mass is 473 g/mol. The van der Waals surface area contributed by atoms with E-state index < -0.39 is 0 Å². The van der Waals surface area contributed by atoms with Crippen molar-refractivity contribution in [2.24, 2.45) is 0 Å². The summed E-state index contributed by atoms with van der Waals surface area (Å²) in [5, 5.41) is 10.1. The molecule has 3 heterocycles. The largest absolute Gasteiger partial charge is 0.467 e. The Morgan fingerprint density at radius 3 is 2.62 bits per heavy atom. The Bertz CT molecular complexity index is 1520. The molecule has 2 aromatic carbocycles. The van der Waals surface area contributed by atoms with Crippen LogP contribution >= 0.6 is 11.8 Å². The van der Waals surface area contributed by atoms with Crippen molar-refractivity contribution >= 4 is 22.7 Å². The van der Waals surface area contributed by atoms with Crippen LogP contribution in [0.5, 0.6) is 0 Å². The van der Waals surface area contributed by atoms with Gasteiger partial charge in [0.25, 0.3) is 5.56 Å². The zero-order valence-corrected chi connectivity index (χ0v) is 18.9. The molecule has 1 fully saturated rings. The number of benzene rings is 2. The first-order chi connectivity index (χ1) is 16.7. The van der Waals surface area contributed by atoms with Crippen molar-refractivity contribution in [2.75, 3.05) is 0 Å². The number of halogens is 1. The van der Waals surface area contributed by atoms with E-state index in [1.807, 2.05) is 30.3 Å². The summed E-state index contributed by atoms with van der Waals surface area (Å²) in [7, 11) is 0. The van der Waals surface area contributed by atoms with Gasteiger partial charge in [-0.15, -0.1) is 10.2 Å². The van der Waals surface area contributed by atoms with Crippen LogP contribution in [0.15, 0.2) is 81.3 Å². The lowest BCUT2D eigenvalue weighted by Crippen LogP contribution is -2.23. The van der Waals surface area contributed by atoms with Crippen molar-refractivity contribution in [1.82, 2.24) is 24.3 Å². The van der Waals surface area contributed by atoms with Crippen LogP contribution in [0, 0.1) is 5.82 Å². The van der Waals surface area contributed by atoms with Gasteiger partial charge >= 0.3 is 0 Å². The summed E-state index contributed by atoms with van der Waals surface area (Å²) in [6.45, 7) is 0.546. The summed E-state index contributed by atoms with van der Waals surface area (Å²) >= 11 is 1.47. The molecule has 0 aliphatic heterocycles. The standard InChI is InChI=1S/C25H20FN5O2S/c26-17-9-11-18(12-10-17)31-22(27-21-6-2-1-5-20(21)24(31)32)15-34-25-29-28-23(16-7-8-16)30(25)14-19-4-3-13-33-19/h1-6,9-13,16H,7-8,14-15H2. The smallest absolute Gasteiger partial charge is 0.265 e. The summed E-state index contributed by atoms with van der Waals surface area (Å²) < 4.78 is 22.8. The maximum absolute atomic E-state index is 13.6. The molecule has 6 rings (SSSR count). The quantitative estimate of drug-likeness (QED) is 0.312. The number of thioether (sulfide) groups is 1. The third-order valence-corrected chi connectivity index (χ3v) is 6.81. The highest BCUT2D eigenvalue weighted by Gasteiger charge is 2.31. The first-order valence-corrected chi connectivity index (χ1v) is 12.0. The molecule has 0 atom stereocenters. The molecule has 0 radical (unpaired) electrons. The van der Waals surface area contributed by atoms with Crippen LogP contribution in [0.2, 0.25) is 0 Å². The zero-order chi connectivity index (χ0) is 23.1. The Balaban J connectivity index is 1.39. The van der Waals surface area contributed by atoms with Crippen LogP contribution < -0.4 is 5.56 Å². The highest BCUT2D eigenvalue weighted by Crippen LogP contribution is 2.40. The minimum Gasteiger partial charge on any atom is -0.467 e. The number of para-hydroxylation sites is 1. The molecule has 170 valence electrons. The van der Waals surface area contributed by atoms with Crippen LogP contribution in [0.4, 0.5) is 4.39 Å². The lowest BCUT2D eigenvalue weighted by atomic mass is 10.2. The van der Waals surface area contributed by atoms with E-state index in [0.717, 1.165) is 29.6 Å². The van der Waals surface area contributed by atoms with Crippen molar-refractivity contribution in [1.29, 1.82) is 0 Å². The molecule has 9 heteroatoms. The fraction of sp³-hybridized carbons (Fsp3) is 0.200. The first-order valence-electron chi connectivity index (χ1n) is 11.0. The molecule has 3 aromatic heterocycles. The van der Waals surface area contributed by atoms with Gasteiger partial charge < -0.3 is 4.42 Å². The van der Waals surface area contributed by atoms with Gasteiger partial charge in [-0.25, -0.2) is 9.37 Å². The summed E-state index contributed by atoms with van der Waals surface area (Å²) in [4.78, 5) is 18.2. The third kappa shape index (κ3) is 3.92. The van der Waals surface area contributed by atoms with E-state index in [9.17, 15) is 9.18 Å². The second kappa shape index (κ2) is 8.57. The average Bonchev–Trinajstić information content (AvgIpc) is 3.41. The molecule has 34 heavy (non-hydrogen) atoms. The second-order valence-corrected chi connectivity index (χ2v) is 9.17. The summed E-state index contributed by atoms with van der Waals surface area (Å²) in [6, 6.07) is 16.9. The van der Waals surface area contributed by atoms with Gasteiger partial charge in [-0.3, -0.25) is 13.9 Å². The van der Waals surface area contributed by atoms with Gasteiger partial charge in [0.05, 0.1) is 35.2 Å². The zero-order valence-electron chi connectivity index (χ0n) is 18.1. The molecular formula is C25H20FN5O2S. The van der Waals surface area contributed by atoms with Crippen LogP contribution in [-0.2, 0) is 12.3 Å². The van der Waals surface area contributed by atoms with Crippen molar-refractivity contribution in [3.8, 4) is 5.69 Å². The molecule has 0 unspecified atom stereocenters. The van der Waals surface area contributed by atoms with Crippen molar-refractivity contribution in [2.45, 2.75) is 36.2 Å². The van der Waals surface area contributed by atoms with E-state index in [4.69, 9.17) is 9.40 Å². The molecule has 7 nitrogen and oxygen atoms in total. The summed E-state index contributed by atoms with van der Waals surface area (Å²) in [5.74, 6) is 2.80. The average molecular weight is 474 g/mol. The van der Waals surface area contributed by atoms with Gasteiger partial charge in [0.2, 0.25) is 0 Å². The minimum absolute atomic E-state index is 0.191. The van der Waals surface area contributed by atoms with Gasteiger partial charge in [-0.05, 0) is 61.4 Å². The van der Waals surface area contributed by atoms with Crippen molar-refractivity contribution < 1.29 is 8.81 Å². The predicted molar refractivity (Wildman–Crippen MR) is 127 cm³/mol. The molecule has 0 amide bonds. The highest BCUT2D eigenvalue weighted by molar-refractivity contribution is 7.98. The van der Waals surface area contributed by atoms with Crippen LogP contribution in [0.3, 0.4) is 0 Å². The Hall–Kier alpha value is -3.72. The van der Waals surface area contributed by atoms with Crippen molar-refractivity contribution in [3.63, 3.8) is 0 Å². The normalized spacial score (nSPS) is 13.6. The first kappa shape index (κ1) is 20.9. The van der Waals surface area contributed by atoms with E-state index in [0.29, 0.717) is 40.6 Å². The SMILES string of the molecule is O=c1c2ccccc2nc(CSc2nnc(C3CC3)n2Cc2ccco2)n1-c1ccc(F)cc1. The van der Waals surface area contributed by atoms with E-state index >= 15 is 0 Å². The molecule has 5 aromatic rings. The molecular weight excluding hydrogens is 453 g/mol. The number of nitrogens with zero attached hydrogens (tertiary/aromatic N) is 5. The van der Waals surface area contributed by atoms with Gasteiger partial charge in [-0.1, -0.05) is 23.9 Å². The number of aromatic nitrogens is 5. The highest BCUT2D eigenvalue weighted by atomic mass is 32.2. The van der Waals surface area contributed by atoms with E-state index in [-0.39, 0.29) is 11.4 Å². The Kier molecular flexibility index (Phi) is 5.26. The molecule has 1 aliphatic rings. The fourth-order valence-electron chi connectivity index (χ4n) is 4.02. The van der Waals surface area contributed by atoms with E-state index in [2.05, 4.69) is 14.8 Å². The van der Waals surface area contributed by atoms with Crippen molar-refractivity contribution in [3.05, 3.63) is 101 Å². The number of rotatable bonds is 7. The van der Waals surface area contributed by atoms with Crippen LogP contribution in [0.25, 0.3) is 16.6 Å². The maximum atomic E-state index is 13.6. The molecule has 0 N–H and O–H groups in total. The predicted octanol–water partition coefficient (Wildman–Crippen LogP) is 4.93. The fourth-order valence-corrected chi connectivity index (χ4v) is 4.88. The third-order valence-electron chi connectivity index (χ3n) is 5.84. The van der Waals surface area contributed by atoms with Gasteiger partial charge in [-0.2, -0.15) is 0 Å². The molecule has 1 aliphatic carbocycles. The lowest BCUT2D eigenvalue weighted by molar-refractivity contribution is 0.478. The van der Waals surface area contributed by atoms with Gasteiger partial charge in [0.15, 0.2) is 5.16 Å². The van der Waals surface area contributed by atoms with Gasteiger partial charge in [0, 0.05) is 5.92 Å². The molecule has 0 spiro atoms. The molecule has 1 saturated carbocycles. The number of furan rings is 1. The number of hydrogen-bond donors (Lipinski definition) is 0. The van der Waals surface area contributed by atoms with E-state index in [1.165, 1.54) is 23.9 Å². The number of hydrogen-bond acceptors (Lipinski definition) is 6. The Morgan fingerprint density at radius 1 is 1.03 bits per heavy atom. The molecule has 0 saturated heterocycles. The van der Waals surface area contributed by atoms with E-state index in [1.54, 1.807) is 29.0 Å². The van der Waals surface area contributed by atoms with Crippen LogP contribution in [0.1, 0.15) is 36.2 Å². The Morgan fingerprint density at radius 2 is 1.85 bits per heavy atom. The molecule has 0 bridgehead atoms. The number of fused-ring (bicyclic) bond motifs is 1. The summed E-state index contributed by atoms with van der Waals surface area (Å²) in [5.41, 5.74) is 0.997.